The number of thiophene rings is 1. The fraction of sp³-hybridized carbons (Fsp3) is 0.500. The molecule has 2 fully saturated rings. The van der Waals surface area contributed by atoms with Gasteiger partial charge in [-0.3, -0.25) is 4.79 Å². The van der Waals surface area contributed by atoms with Crippen LogP contribution in [-0.4, -0.2) is 56.7 Å². The summed E-state index contributed by atoms with van der Waals surface area (Å²) >= 11 is 1.49. The van der Waals surface area contributed by atoms with Gasteiger partial charge < -0.3 is 23.8 Å². The molecule has 1 aromatic carbocycles. The van der Waals surface area contributed by atoms with E-state index >= 15 is 0 Å². The van der Waals surface area contributed by atoms with Crippen LogP contribution < -0.4 is 0 Å². The molecule has 0 bridgehead atoms. The number of esters is 1. The van der Waals surface area contributed by atoms with Crippen molar-refractivity contribution in [2.75, 3.05) is 33.4 Å². The van der Waals surface area contributed by atoms with Gasteiger partial charge in [0, 0.05) is 30.5 Å². The number of amides is 1. The Hall–Kier alpha value is -2.42. The molecule has 2 aliphatic heterocycles. The van der Waals surface area contributed by atoms with E-state index in [0.29, 0.717) is 19.8 Å². The van der Waals surface area contributed by atoms with E-state index in [4.69, 9.17) is 18.9 Å². The van der Waals surface area contributed by atoms with Gasteiger partial charge in [-0.15, -0.1) is 11.3 Å². The van der Waals surface area contributed by atoms with Crippen LogP contribution in [0.25, 0.3) is 0 Å². The van der Waals surface area contributed by atoms with Gasteiger partial charge in [-0.25, -0.2) is 4.79 Å². The number of nitrogens with zero attached hydrogens (tertiary/aromatic N) is 1. The maximum absolute atomic E-state index is 13.2. The van der Waals surface area contributed by atoms with Crippen molar-refractivity contribution in [2.45, 2.75) is 37.6 Å². The second-order valence-corrected chi connectivity index (χ2v) is 9.14. The van der Waals surface area contributed by atoms with E-state index in [1.54, 1.807) is 4.90 Å². The molecule has 2 aromatic rings. The Kier molecular flexibility index (Phi) is 7.44. The molecule has 3 atom stereocenters. The van der Waals surface area contributed by atoms with Gasteiger partial charge >= 0.3 is 12.1 Å². The molecule has 0 radical (unpaired) electrons. The van der Waals surface area contributed by atoms with E-state index in [2.05, 4.69) is 0 Å². The number of ether oxygens (including phenoxy) is 4. The summed E-state index contributed by atoms with van der Waals surface area (Å²) in [5.74, 6) is -0.639. The summed E-state index contributed by atoms with van der Waals surface area (Å²) in [5, 5.41) is 1.93. The first-order chi connectivity index (χ1) is 15.6. The quantitative estimate of drug-likeness (QED) is 0.584. The van der Waals surface area contributed by atoms with Crippen molar-refractivity contribution in [1.29, 1.82) is 0 Å². The van der Waals surface area contributed by atoms with Crippen LogP contribution in [0.15, 0.2) is 47.8 Å². The van der Waals surface area contributed by atoms with E-state index in [0.717, 1.165) is 29.7 Å². The molecule has 8 heteroatoms. The molecule has 0 N–H and O–H groups in total. The number of likely N-dealkylation sites (tertiary alicyclic amines) is 1. The molecule has 7 nitrogen and oxygen atoms in total. The topological polar surface area (TPSA) is 74.3 Å². The summed E-state index contributed by atoms with van der Waals surface area (Å²) < 4.78 is 22.6. The minimum absolute atomic E-state index is 0.178. The first-order valence-electron chi connectivity index (χ1n) is 10.9. The Bertz CT molecular complexity index is 883. The molecule has 0 aliphatic carbocycles. The lowest BCUT2D eigenvalue weighted by Crippen LogP contribution is -2.46. The van der Waals surface area contributed by atoms with Gasteiger partial charge in [-0.2, -0.15) is 0 Å². The zero-order valence-corrected chi connectivity index (χ0v) is 19.1. The molecule has 172 valence electrons. The number of methoxy groups -OCH3 is 1. The minimum atomic E-state index is -0.997. The number of rotatable bonds is 7. The average molecular weight is 460 g/mol. The van der Waals surface area contributed by atoms with Gasteiger partial charge in [0.05, 0.1) is 13.7 Å². The highest BCUT2D eigenvalue weighted by atomic mass is 32.1. The van der Waals surface area contributed by atoms with E-state index < -0.39 is 11.5 Å². The average Bonchev–Trinajstić information content (AvgIpc) is 3.51. The van der Waals surface area contributed by atoms with Crippen LogP contribution >= 0.6 is 11.3 Å². The zero-order chi connectivity index (χ0) is 22.4. The summed E-state index contributed by atoms with van der Waals surface area (Å²) in [5.41, 5.74) is -0.0875. The van der Waals surface area contributed by atoms with Crippen LogP contribution in [0.2, 0.25) is 0 Å². The highest BCUT2D eigenvalue weighted by Gasteiger charge is 2.56. The Morgan fingerprint density at radius 3 is 2.72 bits per heavy atom. The van der Waals surface area contributed by atoms with Crippen LogP contribution in [0.3, 0.4) is 0 Å². The maximum atomic E-state index is 13.2. The second kappa shape index (κ2) is 10.5. The van der Waals surface area contributed by atoms with E-state index in [1.165, 1.54) is 18.4 Å². The van der Waals surface area contributed by atoms with Crippen LogP contribution in [-0.2, 0) is 35.8 Å². The molecule has 3 heterocycles. The molecule has 2 saturated heterocycles. The third kappa shape index (κ3) is 4.82. The molecule has 4 rings (SSSR count). The summed E-state index contributed by atoms with van der Waals surface area (Å²) in [6.07, 6.45) is 2.20. The third-order valence-electron chi connectivity index (χ3n) is 6.17. The number of carbonyl (C=O) groups is 2. The normalized spacial score (nSPS) is 25.5. The van der Waals surface area contributed by atoms with Crippen molar-refractivity contribution in [3.05, 3.63) is 58.3 Å². The standard InChI is InChI=1S/C24H29NO6S/c1-28-22(26)24(20-10-7-13-32-20)17-25(23(27)31-15-18-8-3-2-4-9-18)14-19(24)16-30-21-11-5-6-12-29-21/h2-4,7-10,13,19,21H,5-6,11-12,14-17H2,1H3. The van der Waals surface area contributed by atoms with Crippen molar-refractivity contribution in [1.82, 2.24) is 4.90 Å². The molecule has 0 spiro atoms. The SMILES string of the molecule is COC(=O)C1(c2cccs2)CN(C(=O)OCc2ccccc2)CC1COC1CCCCO1. The molecular formula is C24H29NO6S. The lowest BCUT2D eigenvalue weighted by Gasteiger charge is -2.32. The van der Waals surface area contributed by atoms with Crippen molar-refractivity contribution in [3.8, 4) is 0 Å². The van der Waals surface area contributed by atoms with Gasteiger partial charge in [-0.05, 0) is 36.3 Å². The number of benzene rings is 1. The number of hydrogen-bond acceptors (Lipinski definition) is 7. The monoisotopic (exact) mass is 459 g/mol. The largest absolute Gasteiger partial charge is 0.468 e. The predicted molar refractivity (Wildman–Crippen MR) is 119 cm³/mol. The Morgan fingerprint density at radius 2 is 2.03 bits per heavy atom. The Balaban J connectivity index is 1.52. The third-order valence-corrected chi connectivity index (χ3v) is 7.22. The predicted octanol–water partition coefficient (Wildman–Crippen LogP) is 3.97. The Labute approximate surface area is 192 Å². The van der Waals surface area contributed by atoms with Crippen molar-refractivity contribution >= 4 is 23.4 Å². The van der Waals surface area contributed by atoms with Gasteiger partial charge in [-0.1, -0.05) is 36.4 Å². The fourth-order valence-electron chi connectivity index (χ4n) is 4.45. The van der Waals surface area contributed by atoms with Crippen LogP contribution in [0.5, 0.6) is 0 Å². The lowest BCUT2D eigenvalue weighted by molar-refractivity contribution is -0.174. The van der Waals surface area contributed by atoms with E-state index in [1.807, 2.05) is 47.8 Å². The summed E-state index contributed by atoms with van der Waals surface area (Å²) in [6.45, 7) is 1.68. The van der Waals surface area contributed by atoms with Crippen LogP contribution in [0.4, 0.5) is 4.79 Å². The molecule has 32 heavy (non-hydrogen) atoms. The number of carbonyl (C=O) groups excluding carboxylic acids is 2. The summed E-state index contributed by atoms with van der Waals surface area (Å²) in [7, 11) is 1.39. The highest BCUT2D eigenvalue weighted by Crippen LogP contribution is 2.43. The molecule has 1 amide bonds. The first kappa shape index (κ1) is 22.8. The molecule has 3 unspecified atom stereocenters. The van der Waals surface area contributed by atoms with Crippen LogP contribution in [0.1, 0.15) is 29.7 Å². The Morgan fingerprint density at radius 1 is 1.19 bits per heavy atom. The molecular weight excluding hydrogens is 430 g/mol. The van der Waals surface area contributed by atoms with Crippen molar-refractivity contribution in [2.24, 2.45) is 5.92 Å². The smallest absolute Gasteiger partial charge is 0.410 e. The minimum Gasteiger partial charge on any atom is -0.468 e. The van der Waals surface area contributed by atoms with Gasteiger partial charge in [0.15, 0.2) is 6.29 Å². The number of hydrogen-bond donors (Lipinski definition) is 0. The lowest BCUT2D eigenvalue weighted by atomic mass is 9.77. The van der Waals surface area contributed by atoms with Crippen LogP contribution in [0, 0.1) is 5.92 Å². The van der Waals surface area contributed by atoms with Gasteiger partial charge in [0.2, 0.25) is 0 Å². The van der Waals surface area contributed by atoms with Crippen molar-refractivity contribution in [3.63, 3.8) is 0 Å². The maximum Gasteiger partial charge on any atom is 0.410 e. The van der Waals surface area contributed by atoms with Gasteiger partial charge in [0.1, 0.15) is 12.0 Å². The molecule has 1 aromatic heterocycles. The van der Waals surface area contributed by atoms with E-state index in [9.17, 15) is 9.59 Å². The molecule has 0 saturated carbocycles. The summed E-state index contributed by atoms with van der Waals surface area (Å²) in [6, 6.07) is 13.4. The summed E-state index contributed by atoms with van der Waals surface area (Å²) in [4.78, 5) is 28.5. The highest BCUT2D eigenvalue weighted by molar-refractivity contribution is 7.10. The molecule has 2 aliphatic rings. The first-order valence-corrected chi connectivity index (χ1v) is 11.8. The fourth-order valence-corrected chi connectivity index (χ4v) is 5.44. The van der Waals surface area contributed by atoms with Crippen molar-refractivity contribution < 1.29 is 28.5 Å². The van der Waals surface area contributed by atoms with Gasteiger partial charge in [0.25, 0.3) is 0 Å². The zero-order valence-electron chi connectivity index (χ0n) is 18.2. The van der Waals surface area contributed by atoms with E-state index in [-0.39, 0.29) is 31.3 Å². The second-order valence-electron chi connectivity index (χ2n) is 8.19.